The van der Waals surface area contributed by atoms with Gasteiger partial charge in [0.1, 0.15) is 5.82 Å². The zero-order chi connectivity index (χ0) is 12.5. The third-order valence-corrected chi connectivity index (χ3v) is 3.39. The maximum absolute atomic E-state index is 5.98. The van der Waals surface area contributed by atoms with Gasteiger partial charge in [0.15, 0.2) is 5.82 Å². The number of fused-ring (bicyclic) bond motifs is 1. The van der Waals surface area contributed by atoms with E-state index in [-0.39, 0.29) is 0 Å². The molecule has 0 saturated carbocycles. The van der Waals surface area contributed by atoms with E-state index in [9.17, 15) is 0 Å². The van der Waals surface area contributed by atoms with Crippen LogP contribution in [-0.4, -0.2) is 9.97 Å². The van der Waals surface area contributed by atoms with Crippen LogP contribution < -0.4 is 5.73 Å². The first kappa shape index (κ1) is 11.4. The molecule has 0 bridgehead atoms. The third-order valence-electron chi connectivity index (χ3n) is 2.72. The molecule has 1 heterocycles. The molecule has 0 spiro atoms. The topological polar surface area (TPSA) is 51.8 Å². The number of anilines is 1. The van der Waals surface area contributed by atoms with Gasteiger partial charge in [-0.3, -0.25) is 0 Å². The first-order valence-electron chi connectivity index (χ1n) is 5.52. The summed E-state index contributed by atoms with van der Waals surface area (Å²) in [6.07, 6.45) is 0. The molecule has 0 saturated heterocycles. The molecule has 0 aliphatic heterocycles. The van der Waals surface area contributed by atoms with E-state index < -0.39 is 0 Å². The number of hydrogen-bond donors (Lipinski definition) is 1. The first-order valence-corrected chi connectivity index (χ1v) is 6.60. The molecule has 2 N–H and O–H groups in total. The predicted molar refractivity (Wildman–Crippen MR) is 82.1 cm³/mol. The van der Waals surface area contributed by atoms with Crippen molar-refractivity contribution in [2.45, 2.75) is 0 Å². The summed E-state index contributed by atoms with van der Waals surface area (Å²) in [6, 6.07) is 15.8. The van der Waals surface area contributed by atoms with Gasteiger partial charge < -0.3 is 5.73 Å². The second-order valence-corrected chi connectivity index (χ2v) is 5.21. The van der Waals surface area contributed by atoms with Gasteiger partial charge in [-0.2, -0.15) is 0 Å². The van der Waals surface area contributed by atoms with Gasteiger partial charge in [-0.05, 0) is 46.9 Å². The molecule has 0 aliphatic rings. The Labute approximate surface area is 118 Å². The second-order valence-electron chi connectivity index (χ2n) is 3.96. The maximum Gasteiger partial charge on any atom is 0.162 e. The molecule has 88 valence electrons. The second kappa shape index (κ2) is 4.53. The molecule has 1 aromatic heterocycles. The van der Waals surface area contributed by atoms with E-state index in [2.05, 4.69) is 32.6 Å². The van der Waals surface area contributed by atoms with Crippen molar-refractivity contribution in [3.8, 4) is 11.4 Å². The van der Waals surface area contributed by atoms with Crippen molar-refractivity contribution >= 4 is 39.3 Å². The van der Waals surface area contributed by atoms with Gasteiger partial charge in [-0.1, -0.05) is 24.3 Å². The Morgan fingerprint density at radius 1 is 0.944 bits per heavy atom. The highest BCUT2D eigenvalue weighted by molar-refractivity contribution is 14.1. The molecule has 2 aromatic carbocycles. The number of rotatable bonds is 1. The summed E-state index contributed by atoms with van der Waals surface area (Å²) < 4.78 is 1.15. The van der Waals surface area contributed by atoms with Gasteiger partial charge in [-0.25, -0.2) is 9.97 Å². The first-order chi connectivity index (χ1) is 8.74. The van der Waals surface area contributed by atoms with Crippen LogP contribution >= 0.6 is 22.6 Å². The van der Waals surface area contributed by atoms with E-state index in [1.807, 2.05) is 48.5 Å². The van der Waals surface area contributed by atoms with Crippen LogP contribution in [0.3, 0.4) is 0 Å². The lowest BCUT2D eigenvalue weighted by atomic mass is 10.2. The van der Waals surface area contributed by atoms with E-state index in [0.717, 1.165) is 20.0 Å². The summed E-state index contributed by atoms with van der Waals surface area (Å²) in [7, 11) is 0. The molecule has 0 amide bonds. The van der Waals surface area contributed by atoms with E-state index in [0.29, 0.717) is 11.6 Å². The SMILES string of the molecule is Nc1nc(-c2cccc(I)c2)nc2ccccc12. The van der Waals surface area contributed by atoms with Crippen molar-refractivity contribution < 1.29 is 0 Å². The van der Waals surface area contributed by atoms with Crippen molar-refractivity contribution in [1.29, 1.82) is 0 Å². The Morgan fingerprint density at radius 3 is 2.61 bits per heavy atom. The Bertz CT molecular complexity index is 725. The number of aromatic nitrogens is 2. The van der Waals surface area contributed by atoms with Crippen molar-refractivity contribution in [3.05, 3.63) is 52.1 Å². The third kappa shape index (κ3) is 2.03. The number of nitrogen functional groups attached to an aromatic ring is 1. The van der Waals surface area contributed by atoms with Gasteiger partial charge in [0.05, 0.1) is 5.52 Å². The molecule has 3 rings (SSSR count). The monoisotopic (exact) mass is 347 g/mol. The molecule has 18 heavy (non-hydrogen) atoms. The summed E-state index contributed by atoms with van der Waals surface area (Å²) in [5.74, 6) is 1.19. The van der Waals surface area contributed by atoms with E-state index in [1.54, 1.807) is 0 Å². The molecular weight excluding hydrogens is 337 g/mol. The average Bonchev–Trinajstić information content (AvgIpc) is 2.39. The van der Waals surface area contributed by atoms with E-state index >= 15 is 0 Å². The van der Waals surface area contributed by atoms with Crippen LogP contribution in [0.4, 0.5) is 5.82 Å². The van der Waals surface area contributed by atoms with Crippen molar-refractivity contribution in [2.75, 3.05) is 5.73 Å². The lowest BCUT2D eigenvalue weighted by Crippen LogP contribution is -1.97. The van der Waals surface area contributed by atoms with Crippen molar-refractivity contribution in [3.63, 3.8) is 0 Å². The summed E-state index contributed by atoms with van der Waals surface area (Å²) >= 11 is 2.27. The highest BCUT2D eigenvalue weighted by Crippen LogP contribution is 2.23. The lowest BCUT2D eigenvalue weighted by molar-refractivity contribution is 1.23. The van der Waals surface area contributed by atoms with Crippen molar-refractivity contribution in [1.82, 2.24) is 9.97 Å². The molecule has 4 heteroatoms. The molecular formula is C14H10IN3. The predicted octanol–water partition coefficient (Wildman–Crippen LogP) is 3.48. The smallest absolute Gasteiger partial charge is 0.162 e. The van der Waals surface area contributed by atoms with Crippen LogP contribution in [-0.2, 0) is 0 Å². The standard InChI is InChI=1S/C14H10IN3/c15-10-5-3-4-9(8-10)14-17-12-7-2-1-6-11(12)13(16)18-14/h1-8H,(H2,16,17,18). The van der Waals surface area contributed by atoms with Gasteiger partial charge >= 0.3 is 0 Å². The molecule has 0 radical (unpaired) electrons. The van der Waals surface area contributed by atoms with Crippen LogP contribution in [0.15, 0.2) is 48.5 Å². The summed E-state index contributed by atoms with van der Waals surface area (Å²) in [6.45, 7) is 0. The number of benzene rings is 2. The summed E-state index contributed by atoms with van der Waals surface area (Å²) in [5.41, 5.74) is 7.84. The lowest BCUT2D eigenvalue weighted by Gasteiger charge is -2.05. The molecule has 3 aromatic rings. The number of halogens is 1. The largest absolute Gasteiger partial charge is 0.383 e. The zero-order valence-corrected chi connectivity index (χ0v) is 11.6. The zero-order valence-electron chi connectivity index (χ0n) is 9.47. The Kier molecular flexibility index (Phi) is 2.87. The fourth-order valence-electron chi connectivity index (χ4n) is 1.86. The Hall–Kier alpha value is -1.69. The van der Waals surface area contributed by atoms with E-state index in [1.165, 1.54) is 0 Å². The maximum atomic E-state index is 5.98. The van der Waals surface area contributed by atoms with Crippen LogP contribution in [0.5, 0.6) is 0 Å². The van der Waals surface area contributed by atoms with Crippen LogP contribution in [0.2, 0.25) is 0 Å². The molecule has 3 nitrogen and oxygen atoms in total. The van der Waals surface area contributed by atoms with Crippen LogP contribution in [0, 0.1) is 3.57 Å². The number of para-hydroxylation sites is 1. The number of nitrogens with two attached hydrogens (primary N) is 1. The fourth-order valence-corrected chi connectivity index (χ4v) is 2.40. The van der Waals surface area contributed by atoms with Gasteiger partial charge in [0.25, 0.3) is 0 Å². The number of hydrogen-bond acceptors (Lipinski definition) is 3. The molecule has 0 aliphatic carbocycles. The Balaban J connectivity index is 2.24. The van der Waals surface area contributed by atoms with Crippen LogP contribution in [0.1, 0.15) is 0 Å². The fraction of sp³-hybridized carbons (Fsp3) is 0. The Morgan fingerprint density at radius 2 is 1.78 bits per heavy atom. The van der Waals surface area contributed by atoms with Gasteiger partial charge in [-0.15, -0.1) is 0 Å². The summed E-state index contributed by atoms with van der Waals surface area (Å²) in [4.78, 5) is 8.93. The van der Waals surface area contributed by atoms with Gasteiger partial charge in [0.2, 0.25) is 0 Å². The van der Waals surface area contributed by atoms with E-state index in [4.69, 9.17) is 5.73 Å². The highest BCUT2D eigenvalue weighted by Gasteiger charge is 2.06. The highest BCUT2D eigenvalue weighted by atomic mass is 127. The van der Waals surface area contributed by atoms with Crippen LogP contribution in [0.25, 0.3) is 22.3 Å². The average molecular weight is 347 g/mol. The minimum absolute atomic E-state index is 0.523. The molecule has 0 fully saturated rings. The molecule has 0 unspecified atom stereocenters. The van der Waals surface area contributed by atoms with Gasteiger partial charge in [0, 0.05) is 14.5 Å². The molecule has 0 atom stereocenters. The minimum atomic E-state index is 0.523. The number of nitrogens with zero attached hydrogens (tertiary/aromatic N) is 2. The normalized spacial score (nSPS) is 10.7. The van der Waals surface area contributed by atoms with Crippen molar-refractivity contribution in [2.24, 2.45) is 0 Å². The minimum Gasteiger partial charge on any atom is -0.383 e. The quantitative estimate of drug-likeness (QED) is 0.686. The summed E-state index contributed by atoms with van der Waals surface area (Å²) in [5, 5.41) is 0.895.